The van der Waals surface area contributed by atoms with Crippen LogP contribution in [0.1, 0.15) is 329 Å². The second kappa shape index (κ2) is 62.9. The van der Waals surface area contributed by atoms with E-state index in [0.29, 0.717) is 19.4 Å². The van der Waals surface area contributed by atoms with Crippen molar-refractivity contribution in [3.05, 3.63) is 60.8 Å². The van der Waals surface area contributed by atoms with Crippen LogP contribution in [-0.4, -0.2) is 37.9 Å². The van der Waals surface area contributed by atoms with Gasteiger partial charge in [-0.2, -0.15) is 0 Å². The SMILES string of the molecule is CC/C=C\C/C=C\C/C=C\C/C=C\CCCCCCCCC(=O)OCC(COCCCCCCCCCCCCCCCCCCCC)OC(=O)CCCCCCCCCCC/C=C\CCCCCCCC. The molecule has 0 N–H and O–H groups in total. The maximum atomic E-state index is 12.9. The number of hydrogen-bond donors (Lipinski definition) is 0. The lowest BCUT2D eigenvalue weighted by Crippen LogP contribution is -2.30. The molecule has 5 heteroatoms. The average Bonchev–Trinajstić information content (AvgIpc) is 3.38. The Labute approximate surface area is 449 Å². The summed E-state index contributed by atoms with van der Waals surface area (Å²) in [6, 6.07) is 0. The molecule has 0 aliphatic carbocycles. The van der Waals surface area contributed by atoms with E-state index in [9.17, 15) is 9.59 Å². The molecule has 0 radical (unpaired) electrons. The van der Waals surface area contributed by atoms with Crippen LogP contribution in [0.3, 0.4) is 0 Å². The van der Waals surface area contributed by atoms with Crippen molar-refractivity contribution in [1.29, 1.82) is 0 Å². The van der Waals surface area contributed by atoms with Crippen LogP contribution in [0, 0.1) is 0 Å². The van der Waals surface area contributed by atoms with Crippen LogP contribution in [-0.2, 0) is 23.8 Å². The normalized spacial score (nSPS) is 12.5. The zero-order chi connectivity index (χ0) is 52.0. The maximum absolute atomic E-state index is 12.9. The Kier molecular flexibility index (Phi) is 60.8. The van der Waals surface area contributed by atoms with Crippen LogP contribution in [0.25, 0.3) is 0 Å². The summed E-state index contributed by atoms with van der Waals surface area (Å²) >= 11 is 0. The standard InChI is InChI=1S/C67H122O5/c1-4-7-10-13-16-19-22-25-28-31-34-36-39-42-45-48-51-54-57-60-66(68)71-64-65(63-70-62-59-56-53-50-47-44-41-38-33-30-27-24-21-18-15-12-9-6-3)72-67(69)61-58-55-52-49-46-43-40-37-35-32-29-26-23-20-17-14-11-8-5-2/h7,10,16,19,25-26,28-29,34,36,65H,4-6,8-9,11-15,17-18,20-24,27,30-33,35,37-64H2,1-3H3/b10-7-,19-16-,28-25-,29-26-,36-34-. The van der Waals surface area contributed by atoms with Crippen LogP contribution in [0.4, 0.5) is 0 Å². The van der Waals surface area contributed by atoms with Gasteiger partial charge in [-0.1, -0.05) is 293 Å². The summed E-state index contributed by atoms with van der Waals surface area (Å²) in [6.07, 6.45) is 81.1. The van der Waals surface area contributed by atoms with Gasteiger partial charge < -0.3 is 14.2 Å². The minimum absolute atomic E-state index is 0.0798. The van der Waals surface area contributed by atoms with E-state index in [-0.39, 0.29) is 25.2 Å². The van der Waals surface area contributed by atoms with Gasteiger partial charge in [-0.15, -0.1) is 0 Å². The Bertz CT molecular complexity index is 1230. The van der Waals surface area contributed by atoms with E-state index in [4.69, 9.17) is 14.2 Å². The fraction of sp³-hybridized carbons (Fsp3) is 0.821. The van der Waals surface area contributed by atoms with Crippen LogP contribution in [0.2, 0.25) is 0 Å². The summed E-state index contributed by atoms with van der Waals surface area (Å²) in [7, 11) is 0. The third-order valence-electron chi connectivity index (χ3n) is 14.0. The summed E-state index contributed by atoms with van der Waals surface area (Å²) in [5.74, 6) is -0.398. The summed E-state index contributed by atoms with van der Waals surface area (Å²) in [5, 5.41) is 0. The molecule has 0 aliphatic rings. The molecule has 0 aromatic heterocycles. The molecule has 0 fully saturated rings. The highest BCUT2D eigenvalue weighted by atomic mass is 16.6. The first kappa shape index (κ1) is 69.6. The number of carbonyl (C=O) groups excluding carboxylic acids is 2. The molecule has 5 nitrogen and oxygen atoms in total. The topological polar surface area (TPSA) is 61.8 Å². The van der Waals surface area contributed by atoms with E-state index < -0.39 is 6.10 Å². The molecule has 1 unspecified atom stereocenters. The molecule has 0 aliphatic heterocycles. The van der Waals surface area contributed by atoms with Gasteiger partial charge >= 0.3 is 11.9 Å². The predicted octanol–water partition coefficient (Wildman–Crippen LogP) is 22.0. The van der Waals surface area contributed by atoms with E-state index in [0.717, 1.165) is 70.6 Å². The molecule has 0 spiro atoms. The molecule has 0 amide bonds. The summed E-state index contributed by atoms with van der Waals surface area (Å²) < 4.78 is 17.6. The number of esters is 2. The first-order valence-electron chi connectivity index (χ1n) is 31.8. The summed E-state index contributed by atoms with van der Waals surface area (Å²) in [6.45, 7) is 7.76. The number of carbonyl (C=O) groups is 2. The van der Waals surface area contributed by atoms with Gasteiger partial charge in [0.25, 0.3) is 0 Å². The maximum Gasteiger partial charge on any atom is 0.306 e. The van der Waals surface area contributed by atoms with Crippen molar-refractivity contribution in [1.82, 2.24) is 0 Å². The second-order valence-corrected chi connectivity index (χ2v) is 21.3. The van der Waals surface area contributed by atoms with Gasteiger partial charge in [0.05, 0.1) is 6.61 Å². The van der Waals surface area contributed by atoms with Crippen molar-refractivity contribution in [2.24, 2.45) is 0 Å². The Hall–Kier alpha value is -2.40. The summed E-state index contributed by atoms with van der Waals surface area (Å²) in [5.41, 5.74) is 0. The number of allylic oxidation sites excluding steroid dienone is 10. The first-order chi connectivity index (χ1) is 35.6. The van der Waals surface area contributed by atoms with Crippen molar-refractivity contribution in [2.75, 3.05) is 19.8 Å². The molecule has 1 atom stereocenters. The van der Waals surface area contributed by atoms with Gasteiger partial charge in [0, 0.05) is 19.4 Å². The molecule has 0 aromatic rings. The van der Waals surface area contributed by atoms with Gasteiger partial charge in [-0.05, 0) is 83.5 Å². The molecule has 0 saturated heterocycles. The molecule has 0 saturated carbocycles. The highest BCUT2D eigenvalue weighted by molar-refractivity contribution is 5.70. The Morgan fingerprint density at radius 2 is 0.625 bits per heavy atom. The Morgan fingerprint density at radius 3 is 1.01 bits per heavy atom. The lowest BCUT2D eigenvalue weighted by molar-refractivity contribution is -0.163. The van der Waals surface area contributed by atoms with Crippen LogP contribution in [0.5, 0.6) is 0 Å². The van der Waals surface area contributed by atoms with Crippen molar-refractivity contribution < 1.29 is 23.8 Å². The number of rotatable bonds is 59. The molecule has 72 heavy (non-hydrogen) atoms. The summed E-state index contributed by atoms with van der Waals surface area (Å²) in [4.78, 5) is 25.6. The Balaban J connectivity index is 4.28. The van der Waals surface area contributed by atoms with E-state index >= 15 is 0 Å². The van der Waals surface area contributed by atoms with Crippen LogP contribution < -0.4 is 0 Å². The first-order valence-corrected chi connectivity index (χ1v) is 31.8. The van der Waals surface area contributed by atoms with Crippen molar-refractivity contribution in [3.8, 4) is 0 Å². The second-order valence-electron chi connectivity index (χ2n) is 21.3. The van der Waals surface area contributed by atoms with Crippen LogP contribution >= 0.6 is 0 Å². The van der Waals surface area contributed by atoms with E-state index in [1.807, 2.05) is 0 Å². The zero-order valence-electron chi connectivity index (χ0n) is 48.5. The molecule has 0 bridgehead atoms. The largest absolute Gasteiger partial charge is 0.462 e. The van der Waals surface area contributed by atoms with Gasteiger partial charge in [-0.25, -0.2) is 0 Å². The Morgan fingerprint density at radius 1 is 0.319 bits per heavy atom. The van der Waals surface area contributed by atoms with Crippen molar-refractivity contribution in [2.45, 2.75) is 335 Å². The van der Waals surface area contributed by atoms with Gasteiger partial charge in [-0.3, -0.25) is 9.59 Å². The fourth-order valence-electron chi connectivity index (χ4n) is 9.32. The lowest BCUT2D eigenvalue weighted by atomic mass is 10.0. The molecular formula is C67H122O5. The minimum atomic E-state index is -0.544. The molecule has 0 aromatic carbocycles. The third-order valence-corrected chi connectivity index (χ3v) is 14.0. The van der Waals surface area contributed by atoms with Gasteiger partial charge in [0.15, 0.2) is 6.10 Å². The fourth-order valence-corrected chi connectivity index (χ4v) is 9.32. The highest BCUT2D eigenvalue weighted by Crippen LogP contribution is 2.17. The van der Waals surface area contributed by atoms with Gasteiger partial charge in [0.2, 0.25) is 0 Å². The number of ether oxygens (including phenoxy) is 3. The van der Waals surface area contributed by atoms with E-state index in [1.165, 1.54) is 225 Å². The minimum Gasteiger partial charge on any atom is -0.462 e. The number of unbranched alkanes of at least 4 members (excludes halogenated alkanes) is 38. The van der Waals surface area contributed by atoms with Gasteiger partial charge in [0.1, 0.15) is 6.61 Å². The predicted molar refractivity (Wildman–Crippen MR) is 316 cm³/mol. The molecular weight excluding hydrogens is 885 g/mol. The third kappa shape index (κ3) is 60.2. The van der Waals surface area contributed by atoms with E-state index in [2.05, 4.69) is 81.5 Å². The monoisotopic (exact) mass is 1010 g/mol. The smallest absolute Gasteiger partial charge is 0.306 e. The van der Waals surface area contributed by atoms with Crippen molar-refractivity contribution >= 4 is 11.9 Å². The molecule has 420 valence electrons. The van der Waals surface area contributed by atoms with E-state index in [1.54, 1.807) is 0 Å². The van der Waals surface area contributed by atoms with Crippen molar-refractivity contribution in [3.63, 3.8) is 0 Å². The molecule has 0 heterocycles. The van der Waals surface area contributed by atoms with Crippen LogP contribution in [0.15, 0.2) is 60.8 Å². The molecule has 0 rings (SSSR count). The number of hydrogen-bond acceptors (Lipinski definition) is 5. The zero-order valence-corrected chi connectivity index (χ0v) is 48.5. The quantitative estimate of drug-likeness (QED) is 0.0345. The lowest BCUT2D eigenvalue weighted by Gasteiger charge is -2.18. The average molecular weight is 1010 g/mol. The highest BCUT2D eigenvalue weighted by Gasteiger charge is 2.18.